The van der Waals surface area contributed by atoms with E-state index < -0.39 is 17.6 Å². The normalized spacial score (nSPS) is 19.1. The molecule has 0 bridgehead atoms. The van der Waals surface area contributed by atoms with Crippen molar-refractivity contribution in [1.82, 2.24) is 5.32 Å². The molecule has 2 saturated heterocycles. The van der Waals surface area contributed by atoms with Crippen LogP contribution in [-0.4, -0.2) is 43.2 Å². The quantitative estimate of drug-likeness (QED) is 0.414. The van der Waals surface area contributed by atoms with Gasteiger partial charge in [-0.1, -0.05) is 12.1 Å². The first-order valence-corrected chi connectivity index (χ1v) is 9.94. The van der Waals surface area contributed by atoms with E-state index in [2.05, 4.69) is 21.2 Å². The zero-order valence-corrected chi connectivity index (χ0v) is 17.4. The number of benzene rings is 1. The molecule has 2 amide bonds. The standard InChI is InChI=1S/C19H15BrFN3O4S/c20-13-10-11(28-18(13)23-5-7-27-8-6-23)9-12-16(25)22-19(29)24(17(12)26)15-4-2-1-3-14(15)21/h1-4,9-10H,5-8H2,(H,22,25,29)/b12-9+. The third-order valence-electron chi connectivity index (χ3n) is 4.47. The molecule has 1 aromatic heterocycles. The van der Waals surface area contributed by atoms with Gasteiger partial charge in [0.15, 0.2) is 5.11 Å². The van der Waals surface area contributed by atoms with Crippen LogP contribution in [0.15, 0.2) is 44.8 Å². The minimum Gasteiger partial charge on any atom is -0.440 e. The van der Waals surface area contributed by atoms with Gasteiger partial charge in [0, 0.05) is 19.2 Å². The van der Waals surface area contributed by atoms with Crippen LogP contribution in [0.25, 0.3) is 6.08 Å². The van der Waals surface area contributed by atoms with Crippen LogP contribution in [-0.2, 0) is 14.3 Å². The second kappa shape index (κ2) is 8.05. The minimum absolute atomic E-state index is 0.0389. The SMILES string of the molecule is O=C1NC(=S)N(c2ccccc2F)C(=O)/C1=C/c1cc(Br)c(N2CCOCC2)o1. The Bertz CT molecular complexity index is 1030. The Kier molecular flexibility index (Phi) is 5.48. The molecule has 0 saturated carbocycles. The molecular weight excluding hydrogens is 465 g/mol. The monoisotopic (exact) mass is 479 g/mol. The lowest BCUT2D eigenvalue weighted by molar-refractivity contribution is -0.122. The van der Waals surface area contributed by atoms with E-state index in [4.69, 9.17) is 21.4 Å². The molecule has 2 aliphatic rings. The van der Waals surface area contributed by atoms with Gasteiger partial charge in [-0.3, -0.25) is 14.9 Å². The Morgan fingerprint density at radius 3 is 2.66 bits per heavy atom. The highest BCUT2D eigenvalue weighted by molar-refractivity contribution is 9.10. The second-order valence-corrected chi connectivity index (χ2v) is 7.55. The number of ether oxygens (including phenoxy) is 1. The number of furan rings is 1. The number of anilines is 2. The van der Waals surface area contributed by atoms with Gasteiger partial charge in [-0.2, -0.15) is 0 Å². The average Bonchev–Trinajstić information content (AvgIpc) is 3.07. The Hall–Kier alpha value is -2.56. The summed E-state index contributed by atoms with van der Waals surface area (Å²) in [4.78, 5) is 28.3. The molecule has 29 heavy (non-hydrogen) atoms. The van der Waals surface area contributed by atoms with Crippen molar-refractivity contribution in [3.8, 4) is 0 Å². The molecular formula is C19H15BrFN3O4S. The summed E-state index contributed by atoms with van der Waals surface area (Å²) in [5, 5.41) is 2.24. The summed E-state index contributed by atoms with van der Waals surface area (Å²) in [6, 6.07) is 7.36. The summed E-state index contributed by atoms with van der Waals surface area (Å²) in [6.45, 7) is 2.49. The molecule has 0 unspecified atom stereocenters. The number of nitrogens with zero attached hydrogens (tertiary/aromatic N) is 2. The van der Waals surface area contributed by atoms with Crippen LogP contribution in [0.1, 0.15) is 5.76 Å². The number of amides is 2. The molecule has 4 rings (SSSR count). The van der Waals surface area contributed by atoms with Crippen molar-refractivity contribution >= 4 is 62.7 Å². The summed E-state index contributed by atoms with van der Waals surface area (Å²) in [7, 11) is 0. The third kappa shape index (κ3) is 3.83. The molecule has 0 spiro atoms. The highest BCUT2D eigenvalue weighted by Crippen LogP contribution is 2.32. The van der Waals surface area contributed by atoms with Crippen molar-refractivity contribution in [2.45, 2.75) is 0 Å². The molecule has 7 nitrogen and oxygen atoms in total. The number of hydrogen-bond donors (Lipinski definition) is 1. The molecule has 0 atom stereocenters. The molecule has 0 aliphatic carbocycles. The number of para-hydroxylation sites is 1. The van der Waals surface area contributed by atoms with Gasteiger partial charge in [0.1, 0.15) is 17.2 Å². The number of halogens is 2. The van der Waals surface area contributed by atoms with Gasteiger partial charge in [0.2, 0.25) is 5.88 Å². The van der Waals surface area contributed by atoms with Crippen LogP contribution in [0, 0.1) is 5.82 Å². The maximum Gasteiger partial charge on any atom is 0.270 e. The lowest BCUT2D eigenvalue weighted by atomic mass is 10.1. The maximum absolute atomic E-state index is 14.2. The predicted octanol–water partition coefficient (Wildman–Crippen LogP) is 2.85. The first-order valence-electron chi connectivity index (χ1n) is 8.73. The highest BCUT2D eigenvalue weighted by Gasteiger charge is 2.36. The van der Waals surface area contributed by atoms with Gasteiger partial charge in [0.25, 0.3) is 11.8 Å². The van der Waals surface area contributed by atoms with Crippen LogP contribution in [0.3, 0.4) is 0 Å². The molecule has 150 valence electrons. The Balaban J connectivity index is 1.67. The lowest BCUT2D eigenvalue weighted by Gasteiger charge is -2.29. The van der Waals surface area contributed by atoms with Crippen LogP contribution >= 0.6 is 28.1 Å². The van der Waals surface area contributed by atoms with E-state index in [1.165, 1.54) is 24.3 Å². The molecule has 3 heterocycles. The lowest BCUT2D eigenvalue weighted by Crippen LogP contribution is -2.54. The van der Waals surface area contributed by atoms with Crippen LogP contribution in [0.5, 0.6) is 0 Å². The van der Waals surface area contributed by atoms with E-state index >= 15 is 0 Å². The maximum atomic E-state index is 14.2. The van der Waals surface area contributed by atoms with Crippen molar-refractivity contribution < 1.29 is 23.1 Å². The number of carbonyl (C=O) groups is 2. The molecule has 1 aromatic carbocycles. The van der Waals surface area contributed by atoms with Crippen molar-refractivity contribution in [2.75, 3.05) is 36.1 Å². The van der Waals surface area contributed by atoms with Gasteiger partial charge in [0.05, 0.1) is 23.4 Å². The smallest absolute Gasteiger partial charge is 0.270 e. The highest BCUT2D eigenvalue weighted by atomic mass is 79.9. The molecule has 2 fully saturated rings. The number of rotatable bonds is 3. The number of carbonyl (C=O) groups excluding carboxylic acids is 2. The molecule has 0 radical (unpaired) electrons. The fourth-order valence-corrected chi connectivity index (χ4v) is 3.91. The number of thiocarbonyl (C=S) groups is 1. The summed E-state index contributed by atoms with van der Waals surface area (Å²) >= 11 is 8.52. The van der Waals surface area contributed by atoms with Gasteiger partial charge in [-0.15, -0.1) is 0 Å². The van der Waals surface area contributed by atoms with Gasteiger partial charge < -0.3 is 14.1 Å². The molecule has 2 aliphatic heterocycles. The van der Waals surface area contributed by atoms with Gasteiger partial charge >= 0.3 is 0 Å². The van der Waals surface area contributed by atoms with Crippen molar-refractivity contribution in [3.05, 3.63) is 52.0 Å². The average molecular weight is 480 g/mol. The van der Waals surface area contributed by atoms with Crippen LogP contribution in [0.4, 0.5) is 16.0 Å². The summed E-state index contributed by atoms with van der Waals surface area (Å²) < 4.78 is 26.1. The van der Waals surface area contributed by atoms with Crippen molar-refractivity contribution in [1.29, 1.82) is 0 Å². The van der Waals surface area contributed by atoms with E-state index in [-0.39, 0.29) is 16.4 Å². The van der Waals surface area contributed by atoms with Crippen LogP contribution in [0.2, 0.25) is 0 Å². The number of hydrogen-bond acceptors (Lipinski definition) is 6. The third-order valence-corrected chi connectivity index (χ3v) is 5.32. The molecule has 10 heteroatoms. The Labute approximate surface area is 179 Å². The van der Waals surface area contributed by atoms with Crippen molar-refractivity contribution in [2.24, 2.45) is 0 Å². The topological polar surface area (TPSA) is 75.0 Å². The van der Waals surface area contributed by atoms with E-state index in [9.17, 15) is 14.0 Å². The van der Waals surface area contributed by atoms with Crippen LogP contribution < -0.4 is 15.1 Å². The van der Waals surface area contributed by atoms with Gasteiger partial charge in [-0.05, 0) is 46.4 Å². The number of nitrogens with one attached hydrogen (secondary N) is 1. The van der Waals surface area contributed by atoms with E-state index in [0.717, 1.165) is 4.90 Å². The minimum atomic E-state index is -0.732. The van der Waals surface area contributed by atoms with E-state index in [0.29, 0.717) is 42.4 Å². The zero-order chi connectivity index (χ0) is 20.5. The largest absolute Gasteiger partial charge is 0.440 e. The summed E-state index contributed by atoms with van der Waals surface area (Å²) in [5.41, 5.74) is -0.250. The number of morpholine rings is 1. The summed E-state index contributed by atoms with van der Waals surface area (Å²) in [6.07, 6.45) is 1.32. The zero-order valence-electron chi connectivity index (χ0n) is 15.0. The fraction of sp³-hybridized carbons (Fsp3) is 0.211. The van der Waals surface area contributed by atoms with E-state index in [1.54, 1.807) is 12.1 Å². The Morgan fingerprint density at radius 1 is 1.21 bits per heavy atom. The molecule has 2 aromatic rings. The second-order valence-electron chi connectivity index (χ2n) is 6.31. The van der Waals surface area contributed by atoms with Crippen molar-refractivity contribution in [3.63, 3.8) is 0 Å². The molecule has 1 N–H and O–H groups in total. The van der Waals surface area contributed by atoms with Gasteiger partial charge in [-0.25, -0.2) is 9.29 Å². The summed E-state index contributed by atoms with van der Waals surface area (Å²) in [5.74, 6) is -1.14. The predicted molar refractivity (Wildman–Crippen MR) is 112 cm³/mol. The first kappa shape index (κ1) is 19.7. The first-order chi connectivity index (χ1) is 14.0. The fourth-order valence-electron chi connectivity index (χ4n) is 3.08. The Morgan fingerprint density at radius 2 is 1.93 bits per heavy atom. The van der Waals surface area contributed by atoms with E-state index in [1.807, 2.05) is 4.90 Å².